The van der Waals surface area contributed by atoms with E-state index < -0.39 is 0 Å². The van der Waals surface area contributed by atoms with Gasteiger partial charge in [0.2, 0.25) is 11.8 Å². The molecule has 2 atom stereocenters. The Morgan fingerprint density at radius 1 is 1.04 bits per heavy atom. The Bertz CT molecular complexity index is 710. The Balaban J connectivity index is 1.57. The lowest BCUT2D eigenvalue weighted by molar-refractivity contribution is -0.140. The third-order valence-electron chi connectivity index (χ3n) is 6.50. The van der Waals surface area contributed by atoms with Crippen LogP contribution in [0.3, 0.4) is 0 Å². The molecule has 6 nitrogen and oxygen atoms in total. The van der Waals surface area contributed by atoms with Gasteiger partial charge in [0.1, 0.15) is 5.75 Å². The summed E-state index contributed by atoms with van der Waals surface area (Å²) in [5.41, 5.74) is 1.08. The van der Waals surface area contributed by atoms with Gasteiger partial charge in [0.15, 0.2) is 0 Å². The van der Waals surface area contributed by atoms with Crippen LogP contribution < -0.4 is 4.74 Å². The Morgan fingerprint density at radius 3 is 2.50 bits per heavy atom. The number of rotatable bonds is 4. The second-order valence-corrected chi connectivity index (χ2v) is 8.15. The number of methoxy groups -OCH3 is 1. The van der Waals surface area contributed by atoms with Crippen LogP contribution in [0.25, 0.3) is 0 Å². The highest BCUT2D eigenvalue weighted by atomic mass is 16.5. The summed E-state index contributed by atoms with van der Waals surface area (Å²) in [6.07, 6.45) is 4.25. The topological polar surface area (TPSA) is 59.1 Å². The van der Waals surface area contributed by atoms with Crippen molar-refractivity contribution in [2.75, 3.05) is 46.5 Å². The van der Waals surface area contributed by atoms with E-state index in [9.17, 15) is 9.59 Å². The number of amides is 2. The summed E-state index contributed by atoms with van der Waals surface area (Å²) in [6, 6.07) is 7.94. The number of likely N-dealkylation sites (tertiary alicyclic amines) is 1. The number of hydrogen-bond donors (Lipinski definition) is 0. The third kappa shape index (κ3) is 3.88. The van der Waals surface area contributed by atoms with Gasteiger partial charge in [-0.15, -0.1) is 0 Å². The first-order valence-corrected chi connectivity index (χ1v) is 10.5. The van der Waals surface area contributed by atoms with Crippen molar-refractivity contribution < 1.29 is 19.1 Å². The quantitative estimate of drug-likeness (QED) is 0.797. The average Bonchev–Trinajstić information content (AvgIpc) is 3.44. The molecule has 2 unspecified atom stereocenters. The fraction of sp³-hybridized carbons (Fsp3) is 0.636. The smallest absolute Gasteiger partial charge is 0.228 e. The summed E-state index contributed by atoms with van der Waals surface area (Å²) in [4.78, 5) is 30.2. The SMILES string of the molecule is COc1cccc(C2CN(C(=O)C3CCCC3)CC2C(=O)N2CCOCC2)c1. The lowest BCUT2D eigenvalue weighted by atomic mass is 9.87. The third-order valence-corrected chi connectivity index (χ3v) is 6.50. The summed E-state index contributed by atoms with van der Waals surface area (Å²) in [6.45, 7) is 3.59. The molecular weight excluding hydrogens is 356 g/mol. The van der Waals surface area contributed by atoms with Gasteiger partial charge in [-0.05, 0) is 30.5 Å². The summed E-state index contributed by atoms with van der Waals surface area (Å²) >= 11 is 0. The normalized spacial score (nSPS) is 25.9. The highest BCUT2D eigenvalue weighted by Gasteiger charge is 2.43. The summed E-state index contributed by atoms with van der Waals surface area (Å²) in [5, 5.41) is 0. The van der Waals surface area contributed by atoms with Gasteiger partial charge in [-0.3, -0.25) is 9.59 Å². The second kappa shape index (κ2) is 8.52. The fourth-order valence-corrected chi connectivity index (χ4v) is 4.89. The summed E-state index contributed by atoms with van der Waals surface area (Å²) < 4.78 is 10.8. The number of carbonyl (C=O) groups is 2. The molecule has 1 aromatic rings. The Morgan fingerprint density at radius 2 is 1.79 bits per heavy atom. The van der Waals surface area contributed by atoms with Crippen LogP contribution in [0.1, 0.15) is 37.2 Å². The molecule has 2 heterocycles. The van der Waals surface area contributed by atoms with Crippen LogP contribution in [0, 0.1) is 11.8 Å². The molecule has 2 amide bonds. The van der Waals surface area contributed by atoms with Crippen LogP contribution in [0.4, 0.5) is 0 Å². The maximum atomic E-state index is 13.3. The maximum Gasteiger partial charge on any atom is 0.228 e. The van der Waals surface area contributed by atoms with Crippen molar-refractivity contribution in [2.24, 2.45) is 11.8 Å². The van der Waals surface area contributed by atoms with Crippen molar-refractivity contribution in [3.63, 3.8) is 0 Å². The van der Waals surface area contributed by atoms with Gasteiger partial charge in [-0.25, -0.2) is 0 Å². The van der Waals surface area contributed by atoms with Gasteiger partial charge in [0.25, 0.3) is 0 Å². The van der Waals surface area contributed by atoms with Crippen LogP contribution >= 0.6 is 0 Å². The van der Waals surface area contributed by atoms with E-state index in [1.54, 1.807) is 7.11 Å². The molecule has 3 aliphatic rings. The minimum absolute atomic E-state index is 0.01000. The van der Waals surface area contributed by atoms with E-state index in [2.05, 4.69) is 6.07 Å². The first-order chi connectivity index (χ1) is 13.7. The van der Waals surface area contributed by atoms with Crippen LogP contribution in [-0.4, -0.2) is 68.1 Å². The molecule has 0 bridgehead atoms. The molecule has 2 saturated heterocycles. The molecule has 0 N–H and O–H groups in total. The number of hydrogen-bond acceptors (Lipinski definition) is 4. The molecule has 2 aliphatic heterocycles. The molecule has 1 aromatic carbocycles. The van der Waals surface area contributed by atoms with E-state index in [4.69, 9.17) is 9.47 Å². The molecule has 3 fully saturated rings. The first-order valence-electron chi connectivity index (χ1n) is 10.5. The van der Waals surface area contributed by atoms with Gasteiger partial charge in [0.05, 0.1) is 26.2 Å². The molecule has 28 heavy (non-hydrogen) atoms. The van der Waals surface area contributed by atoms with E-state index in [1.165, 1.54) is 0 Å². The number of carbonyl (C=O) groups excluding carboxylic acids is 2. The van der Waals surface area contributed by atoms with Gasteiger partial charge in [0, 0.05) is 38.0 Å². The van der Waals surface area contributed by atoms with Gasteiger partial charge in [-0.1, -0.05) is 25.0 Å². The van der Waals surface area contributed by atoms with Gasteiger partial charge in [-0.2, -0.15) is 0 Å². The molecule has 6 heteroatoms. The number of nitrogens with zero attached hydrogens (tertiary/aromatic N) is 2. The zero-order valence-corrected chi connectivity index (χ0v) is 16.6. The highest BCUT2D eigenvalue weighted by molar-refractivity contribution is 5.84. The van der Waals surface area contributed by atoms with Gasteiger partial charge >= 0.3 is 0 Å². The molecule has 152 valence electrons. The van der Waals surface area contributed by atoms with Crippen LogP contribution in [0.5, 0.6) is 5.75 Å². The fourth-order valence-electron chi connectivity index (χ4n) is 4.89. The molecule has 0 aromatic heterocycles. The zero-order valence-electron chi connectivity index (χ0n) is 16.6. The van der Waals surface area contributed by atoms with Crippen molar-refractivity contribution in [3.8, 4) is 5.75 Å². The van der Waals surface area contributed by atoms with Gasteiger partial charge < -0.3 is 19.3 Å². The van der Waals surface area contributed by atoms with Crippen molar-refractivity contribution in [1.82, 2.24) is 9.80 Å². The lowest BCUT2D eigenvalue weighted by Crippen LogP contribution is -2.45. The van der Waals surface area contributed by atoms with Crippen LogP contribution in [-0.2, 0) is 14.3 Å². The monoisotopic (exact) mass is 386 g/mol. The van der Waals surface area contributed by atoms with Crippen LogP contribution in [0.2, 0.25) is 0 Å². The average molecular weight is 386 g/mol. The molecule has 0 spiro atoms. The molecule has 1 saturated carbocycles. The minimum atomic E-state index is -0.199. The van der Waals surface area contributed by atoms with Crippen LogP contribution in [0.15, 0.2) is 24.3 Å². The van der Waals surface area contributed by atoms with Crippen molar-refractivity contribution in [2.45, 2.75) is 31.6 Å². The van der Waals surface area contributed by atoms with E-state index in [0.29, 0.717) is 39.4 Å². The van der Waals surface area contributed by atoms with Crippen molar-refractivity contribution in [1.29, 1.82) is 0 Å². The summed E-state index contributed by atoms with van der Waals surface area (Å²) in [7, 11) is 1.65. The van der Waals surface area contributed by atoms with E-state index in [-0.39, 0.29) is 29.6 Å². The number of benzene rings is 1. The standard InChI is InChI=1S/C22H30N2O4/c1-27-18-8-4-7-17(13-18)19-14-24(21(25)16-5-2-3-6-16)15-20(19)22(26)23-9-11-28-12-10-23/h4,7-8,13,16,19-20H,2-3,5-6,9-12,14-15H2,1H3. The Kier molecular flexibility index (Phi) is 5.85. The van der Waals surface area contributed by atoms with E-state index in [1.807, 2.05) is 28.0 Å². The Hall–Kier alpha value is -2.08. The predicted octanol–water partition coefficient (Wildman–Crippen LogP) is 2.29. The summed E-state index contributed by atoms with van der Waals surface area (Å²) in [5.74, 6) is 1.13. The minimum Gasteiger partial charge on any atom is -0.497 e. The Labute approximate surface area is 166 Å². The molecule has 4 rings (SSSR count). The first kappa shape index (κ1) is 19.2. The zero-order chi connectivity index (χ0) is 19.5. The van der Waals surface area contributed by atoms with E-state index in [0.717, 1.165) is 37.0 Å². The maximum absolute atomic E-state index is 13.3. The molecule has 0 radical (unpaired) electrons. The molecule has 1 aliphatic carbocycles. The number of ether oxygens (including phenoxy) is 2. The largest absolute Gasteiger partial charge is 0.497 e. The molecular formula is C22H30N2O4. The lowest BCUT2D eigenvalue weighted by Gasteiger charge is -2.31. The second-order valence-electron chi connectivity index (χ2n) is 8.15. The van der Waals surface area contributed by atoms with Crippen molar-refractivity contribution >= 4 is 11.8 Å². The van der Waals surface area contributed by atoms with E-state index >= 15 is 0 Å². The predicted molar refractivity (Wildman–Crippen MR) is 105 cm³/mol. The number of morpholine rings is 1. The van der Waals surface area contributed by atoms with Crippen molar-refractivity contribution in [3.05, 3.63) is 29.8 Å². The highest BCUT2D eigenvalue weighted by Crippen LogP contribution is 2.37.